The average molecular weight is 405 g/mol. The van der Waals surface area contributed by atoms with Crippen LogP contribution in [0.25, 0.3) is 0 Å². The second kappa shape index (κ2) is 18.5. The summed E-state index contributed by atoms with van der Waals surface area (Å²) in [4.78, 5) is 22.8. The van der Waals surface area contributed by atoms with Crippen molar-refractivity contribution in [2.75, 3.05) is 12.0 Å². The Morgan fingerprint density at radius 2 is 1.30 bits per heavy atom. The van der Waals surface area contributed by atoms with Crippen molar-refractivity contribution >= 4 is 22.7 Å². The smallest absolute Gasteiger partial charge is 0.345 e. The van der Waals surface area contributed by atoms with E-state index in [0.717, 1.165) is 19.3 Å². The summed E-state index contributed by atoms with van der Waals surface area (Å²) in [5.41, 5.74) is 0. The molecule has 0 fully saturated rings. The van der Waals surface area contributed by atoms with Crippen molar-refractivity contribution in [1.29, 1.82) is 0 Å². The Morgan fingerprint density at radius 1 is 0.852 bits per heavy atom. The molecule has 1 N–H and O–H groups in total. The van der Waals surface area contributed by atoms with Gasteiger partial charge in [-0.15, -0.1) is 0 Å². The topological polar surface area (TPSA) is 80.7 Å². The molecule has 0 aliphatic carbocycles. The molecule has 160 valence electrons. The van der Waals surface area contributed by atoms with Crippen LogP contribution in [0.4, 0.5) is 0 Å². The Balaban J connectivity index is 3.51. The molecule has 0 aliphatic rings. The summed E-state index contributed by atoms with van der Waals surface area (Å²) in [6.45, 7) is 2.24. The molecule has 0 aliphatic heterocycles. The number of aliphatic carboxylic acids is 1. The highest BCUT2D eigenvalue weighted by molar-refractivity contribution is 7.84. The number of unbranched alkanes of at least 4 members (excludes halogenated alkanes) is 12. The molecule has 6 heteroatoms. The standard InChI is InChI=1S/C21H40O5S/c1-3-4-5-6-7-8-9-10-11-12-13-14-15-16-20(22)26-19(21(23)24)17-18-27(2)25/h19H,3-18H2,1-2H3,(H,23,24). The zero-order valence-electron chi connectivity index (χ0n) is 17.4. The summed E-state index contributed by atoms with van der Waals surface area (Å²) in [5, 5.41) is 9.04. The van der Waals surface area contributed by atoms with Crippen LogP contribution in [-0.2, 0) is 25.1 Å². The van der Waals surface area contributed by atoms with Crippen molar-refractivity contribution in [3.8, 4) is 0 Å². The van der Waals surface area contributed by atoms with Crippen LogP contribution in [0.1, 0.15) is 103 Å². The van der Waals surface area contributed by atoms with E-state index in [-0.39, 0.29) is 18.6 Å². The highest BCUT2D eigenvalue weighted by Gasteiger charge is 2.22. The minimum atomic E-state index is -1.18. The van der Waals surface area contributed by atoms with Gasteiger partial charge in [-0.05, 0) is 6.42 Å². The van der Waals surface area contributed by atoms with Gasteiger partial charge < -0.3 is 9.84 Å². The van der Waals surface area contributed by atoms with Gasteiger partial charge in [-0.2, -0.15) is 0 Å². The lowest BCUT2D eigenvalue weighted by atomic mass is 10.0. The van der Waals surface area contributed by atoms with Crippen molar-refractivity contribution in [2.24, 2.45) is 0 Å². The van der Waals surface area contributed by atoms with Gasteiger partial charge in [0.05, 0.1) is 0 Å². The number of hydrogen-bond acceptors (Lipinski definition) is 4. The van der Waals surface area contributed by atoms with Crippen LogP contribution in [0, 0.1) is 0 Å². The molecular formula is C21H40O5S. The lowest BCUT2D eigenvalue weighted by molar-refractivity contribution is -0.164. The number of ether oxygens (including phenoxy) is 1. The Bertz CT molecular complexity index is 411. The van der Waals surface area contributed by atoms with E-state index in [9.17, 15) is 13.8 Å². The lowest BCUT2D eigenvalue weighted by Crippen LogP contribution is -2.28. The van der Waals surface area contributed by atoms with Crippen molar-refractivity contribution in [2.45, 2.75) is 109 Å². The predicted octanol–water partition coefficient (Wildman–Crippen LogP) is 5.23. The molecule has 0 saturated carbocycles. The number of esters is 1. The first-order valence-corrected chi connectivity index (χ1v) is 12.4. The van der Waals surface area contributed by atoms with E-state index >= 15 is 0 Å². The van der Waals surface area contributed by atoms with Crippen molar-refractivity contribution < 1.29 is 23.6 Å². The van der Waals surface area contributed by atoms with Gasteiger partial charge in [-0.1, -0.05) is 84.0 Å². The fourth-order valence-corrected chi connectivity index (χ4v) is 3.56. The number of carboxylic acids is 1. The van der Waals surface area contributed by atoms with E-state index in [1.807, 2.05) is 0 Å². The predicted molar refractivity (Wildman–Crippen MR) is 111 cm³/mol. The van der Waals surface area contributed by atoms with Gasteiger partial charge in [0, 0.05) is 35.6 Å². The highest BCUT2D eigenvalue weighted by atomic mass is 32.2. The van der Waals surface area contributed by atoms with Gasteiger partial charge in [-0.25, -0.2) is 4.79 Å². The van der Waals surface area contributed by atoms with E-state index < -0.39 is 28.8 Å². The number of rotatable bonds is 19. The van der Waals surface area contributed by atoms with Crippen LogP contribution < -0.4 is 0 Å². The fourth-order valence-electron chi connectivity index (χ4n) is 3.01. The van der Waals surface area contributed by atoms with Crippen LogP contribution >= 0.6 is 0 Å². The molecule has 0 bridgehead atoms. The van der Waals surface area contributed by atoms with Crippen LogP contribution in [0.3, 0.4) is 0 Å². The Labute approximate surface area is 168 Å². The number of carbonyl (C=O) groups is 2. The number of carbonyl (C=O) groups excluding carboxylic acids is 1. The Hall–Kier alpha value is -0.910. The van der Waals surface area contributed by atoms with E-state index in [0.29, 0.717) is 0 Å². The van der Waals surface area contributed by atoms with Gasteiger partial charge in [0.2, 0.25) is 0 Å². The molecule has 5 nitrogen and oxygen atoms in total. The molecule has 0 heterocycles. The molecule has 0 radical (unpaired) electrons. The SMILES string of the molecule is CCCCCCCCCCCCCCCC(=O)OC(CCS(C)=O)C(=O)O. The van der Waals surface area contributed by atoms with Gasteiger partial charge in [0.15, 0.2) is 6.10 Å². The lowest BCUT2D eigenvalue weighted by Gasteiger charge is -2.13. The molecule has 27 heavy (non-hydrogen) atoms. The molecule has 0 spiro atoms. The van der Waals surface area contributed by atoms with Crippen LogP contribution in [0.2, 0.25) is 0 Å². The summed E-state index contributed by atoms with van der Waals surface area (Å²) >= 11 is 0. The summed E-state index contributed by atoms with van der Waals surface area (Å²) < 4.78 is 16.0. The molecule has 0 aromatic heterocycles. The third-order valence-corrected chi connectivity index (χ3v) is 5.51. The van der Waals surface area contributed by atoms with Crippen LogP contribution in [-0.4, -0.2) is 39.4 Å². The first-order chi connectivity index (χ1) is 13.0. The normalized spacial score (nSPS) is 13.3. The van der Waals surface area contributed by atoms with Crippen LogP contribution in [0.5, 0.6) is 0 Å². The number of carboxylic acid groups (broad SMARTS) is 1. The van der Waals surface area contributed by atoms with Gasteiger partial charge in [0.25, 0.3) is 0 Å². The molecule has 0 aromatic carbocycles. The summed E-state index contributed by atoms with van der Waals surface area (Å²) in [7, 11) is -1.09. The maximum absolute atomic E-state index is 11.7. The van der Waals surface area contributed by atoms with Gasteiger partial charge >= 0.3 is 11.9 Å². The molecule has 2 unspecified atom stereocenters. The minimum Gasteiger partial charge on any atom is -0.479 e. The summed E-state index contributed by atoms with van der Waals surface area (Å²) in [5.74, 6) is -1.41. The zero-order chi connectivity index (χ0) is 20.3. The third kappa shape index (κ3) is 18.2. The molecule has 0 aromatic rings. The summed E-state index contributed by atoms with van der Waals surface area (Å²) in [6.07, 6.45) is 16.8. The Morgan fingerprint density at radius 3 is 1.70 bits per heavy atom. The molecule has 2 atom stereocenters. The van der Waals surface area contributed by atoms with Crippen molar-refractivity contribution in [3.63, 3.8) is 0 Å². The van der Waals surface area contributed by atoms with Gasteiger partial charge in [-0.3, -0.25) is 9.00 Å². The van der Waals surface area contributed by atoms with Crippen molar-refractivity contribution in [3.05, 3.63) is 0 Å². The van der Waals surface area contributed by atoms with Gasteiger partial charge in [0.1, 0.15) is 0 Å². The fraction of sp³-hybridized carbons (Fsp3) is 0.905. The second-order valence-electron chi connectivity index (χ2n) is 7.38. The minimum absolute atomic E-state index is 0.1000. The number of hydrogen-bond donors (Lipinski definition) is 1. The quantitative estimate of drug-likeness (QED) is 0.235. The third-order valence-electron chi connectivity index (χ3n) is 4.70. The van der Waals surface area contributed by atoms with E-state index in [1.165, 1.54) is 70.5 Å². The Kier molecular flexibility index (Phi) is 17.8. The highest BCUT2D eigenvalue weighted by Crippen LogP contribution is 2.13. The summed E-state index contributed by atoms with van der Waals surface area (Å²) in [6, 6.07) is 0. The van der Waals surface area contributed by atoms with E-state index in [4.69, 9.17) is 9.84 Å². The van der Waals surface area contributed by atoms with Crippen molar-refractivity contribution in [1.82, 2.24) is 0 Å². The maximum Gasteiger partial charge on any atom is 0.345 e. The second-order valence-corrected chi connectivity index (χ2v) is 8.93. The zero-order valence-corrected chi connectivity index (χ0v) is 18.2. The molecule has 0 amide bonds. The molecular weight excluding hydrogens is 364 g/mol. The molecule has 0 saturated heterocycles. The van der Waals surface area contributed by atoms with E-state index in [2.05, 4.69) is 6.92 Å². The monoisotopic (exact) mass is 404 g/mol. The largest absolute Gasteiger partial charge is 0.479 e. The average Bonchev–Trinajstić information content (AvgIpc) is 2.62. The van der Waals surface area contributed by atoms with Crippen LogP contribution in [0.15, 0.2) is 0 Å². The van der Waals surface area contributed by atoms with E-state index in [1.54, 1.807) is 0 Å². The molecule has 0 rings (SSSR count). The first-order valence-electron chi connectivity index (χ1n) is 10.7. The maximum atomic E-state index is 11.7. The first kappa shape index (κ1) is 26.1.